The zero-order valence-electron chi connectivity index (χ0n) is 16.5. The van der Waals surface area contributed by atoms with Crippen LogP contribution in [-0.4, -0.2) is 41.9 Å². The van der Waals surface area contributed by atoms with Crippen LogP contribution in [0.2, 0.25) is 25.7 Å². The van der Waals surface area contributed by atoms with Crippen molar-refractivity contribution in [3.05, 3.63) is 45.8 Å². The van der Waals surface area contributed by atoms with Crippen molar-refractivity contribution in [3.63, 3.8) is 0 Å². The molecule has 2 atom stereocenters. The van der Waals surface area contributed by atoms with Crippen molar-refractivity contribution >= 4 is 24.1 Å². The second-order valence-electron chi connectivity index (χ2n) is 7.68. The molecule has 0 spiro atoms. The van der Waals surface area contributed by atoms with E-state index in [-0.39, 0.29) is 12.3 Å². The van der Waals surface area contributed by atoms with Gasteiger partial charge in [0.25, 0.3) is 0 Å². The monoisotopic (exact) mass is 412 g/mol. The van der Waals surface area contributed by atoms with Gasteiger partial charge in [-0.2, -0.15) is 0 Å². The lowest BCUT2D eigenvalue weighted by atomic mass is 9.93. The van der Waals surface area contributed by atoms with Gasteiger partial charge in [0, 0.05) is 19.5 Å². The van der Waals surface area contributed by atoms with Gasteiger partial charge in [0.15, 0.2) is 0 Å². The number of ether oxygens (including phenoxy) is 1. The van der Waals surface area contributed by atoms with Gasteiger partial charge in [-0.05, 0) is 24.1 Å². The van der Waals surface area contributed by atoms with Gasteiger partial charge in [0.1, 0.15) is 0 Å². The summed E-state index contributed by atoms with van der Waals surface area (Å²) in [5.41, 5.74) is 10.2. The third kappa shape index (κ3) is 8.13. The minimum absolute atomic E-state index is 0.0134. The van der Waals surface area contributed by atoms with E-state index in [0.29, 0.717) is 11.6 Å². The molecule has 0 bridgehead atoms. The molecule has 10 heteroatoms. The molecule has 0 fully saturated rings. The molecule has 0 heterocycles. The normalized spacial score (nSPS) is 14.1. The molecule has 1 N–H and O–H groups in total. The summed E-state index contributed by atoms with van der Waals surface area (Å²) < 4.78 is 32.8. The van der Waals surface area contributed by atoms with E-state index in [1.165, 1.54) is 7.11 Å². The van der Waals surface area contributed by atoms with E-state index >= 15 is 0 Å². The topological polar surface area (TPSA) is 121 Å². The highest BCUT2D eigenvalue weighted by molar-refractivity contribution is 7.89. The van der Waals surface area contributed by atoms with Crippen molar-refractivity contribution < 1.29 is 17.9 Å². The van der Waals surface area contributed by atoms with Crippen LogP contribution < -0.4 is 4.72 Å². The second-order valence-corrected chi connectivity index (χ2v) is 15.2. The molecule has 150 valence electrons. The number of hydrogen-bond acceptors (Lipinski definition) is 5. The van der Waals surface area contributed by atoms with Crippen molar-refractivity contribution in [2.45, 2.75) is 38.7 Å². The number of hydrogen-bond donors (Lipinski definition) is 1. The van der Waals surface area contributed by atoms with E-state index in [4.69, 9.17) is 10.3 Å². The highest BCUT2D eigenvalue weighted by atomic mass is 32.2. The SMILES string of the molecule is COC(=O)[C@H](CN=[N+]=[N-])[C@@H](NS(=O)(=O)CC[Si](C)(C)C)c1cccc(C)c1. The third-order valence-electron chi connectivity index (χ3n) is 4.08. The molecule has 1 rings (SSSR count). The van der Waals surface area contributed by atoms with Crippen molar-refractivity contribution in [2.24, 2.45) is 11.0 Å². The first-order chi connectivity index (χ1) is 12.5. The van der Waals surface area contributed by atoms with Crippen LogP contribution in [-0.2, 0) is 19.6 Å². The predicted molar refractivity (Wildman–Crippen MR) is 109 cm³/mol. The Morgan fingerprint density at radius 2 is 2.04 bits per heavy atom. The summed E-state index contributed by atoms with van der Waals surface area (Å²) >= 11 is 0. The number of aryl methyl sites for hydroxylation is 1. The van der Waals surface area contributed by atoms with E-state index in [0.717, 1.165) is 5.56 Å². The fourth-order valence-corrected chi connectivity index (χ4v) is 6.86. The Labute approximate surface area is 162 Å². The Morgan fingerprint density at radius 3 is 2.56 bits per heavy atom. The summed E-state index contributed by atoms with van der Waals surface area (Å²) in [6, 6.07) is 6.93. The number of esters is 1. The zero-order valence-corrected chi connectivity index (χ0v) is 18.3. The maximum atomic E-state index is 12.7. The Balaban J connectivity index is 3.28. The lowest BCUT2D eigenvalue weighted by Crippen LogP contribution is -2.40. The lowest BCUT2D eigenvalue weighted by molar-refractivity contribution is -0.146. The van der Waals surface area contributed by atoms with Gasteiger partial charge in [-0.3, -0.25) is 4.79 Å². The molecule has 27 heavy (non-hydrogen) atoms. The van der Waals surface area contributed by atoms with E-state index in [9.17, 15) is 13.2 Å². The number of nitrogens with one attached hydrogen (secondary N) is 1. The molecule has 0 amide bonds. The van der Waals surface area contributed by atoms with Crippen LogP contribution in [0.5, 0.6) is 0 Å². The third-order valence-corrected chi connectivity index (χ3v) is 7.54. The molecular weight excluding hydrogens is 384 g/mol. The Hall–Kier alpha value is -1.87. The number of rotatable bonds is 10. The number of benzene rings is 1. The highest BCUT2D eigenvalue weighted by Crippen LogP contribution is 2.26. The minimum atomic E-state index is -3.64. The average Bonchev–Trinajstić information content (AvgIpc) is 2.58. The summed E-state index contributed by atoms with van der Waals surface area (Å²) in [7, 11) is -3.98. The van der Waals surface area contributed by atoms with Crippen LogP contribution in [0.4, 0.5) is 0 Å². The Kier molecular flexibility index (Phi) is 8.48. The summed E-state index contributed by atoms with van der Waals surface area (Å²) in [6.07, 6.45) is 0. The fraction of sp³-hybridized carbons (Fsp3) is 0.588. The minimum Gasteiger partial charge on any atom is -0.469 e. The van der Waals surface area contributed by atoms with Gasteiger partial charge in [0.05, 0.1) is 24.8 Å². The molecule has 0 aromatic heterocycles. The molecule has 0 aliphatic rings. The van der Waals surface area contributed by atoms with E-state index in [1.54, 1.807) is 18.2 Å². The van der Waals surface area contributed by atoms with E-state index in [2.05, 4.69) is 34.4 Å². The van der Waals surface area contributed by atoms with Gasteiger partial charge in [-0.25, -0.2) is 13.1 Å². The van der Waals surface area contributed by atoms with Gasteiger partial charge >= 0.3 is 5.97 Å². The van der Waals surface area contributed by atoms with Gasteiger partial charge in [-0.15, -0.1) is 0 Å². The predicted octanol–water partition coefficient (Wildman–Crippen LogP) is 3.39. The lowest BCUT2D eigenvalue weighted by Gasteiger charge is -2.26. The number of methoxy groups -OCH3 is 1. The molecule has 1 aromatic carbocycles. The van der Waals surface area contributed by atoms with Crippen molar-refractivity contribution in [1.29, 1.82) is 0 Å². The standard InChI is InChI=1S/C17H28N4O4SSi/c1-13-7-6-8-14(11-13)16(15(12-19-21-18)17(22)25-2)20-26(23,24)9-10-27(3,4)5/h6-8,11,15-16,20H,9-10,12H2,1-5H3/t15-,16+/m1/s1. The van der Waals surface area contributed by atoms with Crippen molar-refractivity contribution in [2.75, 3.05) is 19.4 Å². The largest absolute Gasteiger partial charge is 0.469 e. The Morgan fingerprint density at radius 1 is 1.37 bits per heavy atom. The fourth-order valence-electron chi connectivity index (χ4n) is 2.53. The van der Waals surface area contributed by atoms with Crippen LogP contribution in [0.3, 0.4) is 0 Å². The van der Waals surface area contributed by atoms with Crippen LogP contribution >= 0.6 is 0 Å². The molecular formula is C17H28N4O4SSi. The molecule has 0 saturated heterocycles. The second kappa shape index (κ2) is 9.89. The molecule has 0 aliphatic carbocycles. The van der Waals surface area contributed by atoms with Crippen LogP contribution in [0.25, 0.3) is 10.4 Å². The summed E-state index contributed by atoms with van der Waals surface area (Å²) in [6.45, 7) is 7.96. The molecule has 1 aromatic rings. The van der Waals surface area contributed by atoms with Gasteiger partial charge in [-0.1, -0.05) is 54.6 Å². The van der Waals surface area contributed by atoms with Crippen molar-refractivity contribution in [1.82, 2.24) is 4.72 Å². The number of carbonyl (C=O) groups excluding carboxylic acids is 1. The molecule has 0 aliphatic heterocycles. The van der Waals surface area contributed by atoms with E-state index < -0.39 is 36.0 Å². The van der Waals surface area contributed by atoms with Crippen LogP contribution in [0.1, 0.15) is 17.2 Å². The smallest absolute Gasteiger partial charge is 0.310 e. The molecule has 8 nitrogen and oxygen atoms in total. The highest BCUT2D eigenvalue weighted by Gasteiger charge is 2.33. The molecule has 0 unspecified atom stereocenters. The van der Waals surface area contributed by atoms with Crippen LogP contribution in [0, 0.1) is 12.8 Å². The number of azide groups is 1. The maximum Gasteiger partial charge on any atom is 0.310 e. The summed E-state index contributed by atoms with van der Waals surface area (Å²) in [5, 5.41) is 3.48. The maximum absolute atomic E-state index is 12.7. The first-order valence-electron chi connectivity index (χ1n) is 8.64. The molecule has 0 saturated carbocycles. The number of nitrogens with zero attached hydrogens (tertiary/aromatic N) is 3. The van der Waals surface area contributed by atoms with Gasteiger partial charge < -0.3 is 4.74 Å². The Bertz CT molecular complexity index is 801. The molecule has 0 radical (unpaired) electrons. The number of carbonyl (C=O) groups is 1. The zero-order chi connectivity index (χ0) is 20.7. The first kappa shape index (κ1) is 23.2. The first-order valence-corrected chi connectivity index (χ1v) is 14.0. The average molecular weight is 413 g/mol. The van der Waals surface area contributed by atoms with Gasteiger partial charge in [0.2, 0.25) is 10.0 Å². The summed E-state index contributed by atoms with van der Waals surface area (Å²) in [4.78, 5) is 15.0. The number of sulfonamides is 1. The quantitative estimate of drug-likeness (QED) is 0.208. The summed E-state index contributed by atoms with van der Waals surface area (Å²) in [5.74, 6) is -1.61. The van der Waals surface area contributed by atoms with Crippen LogP contribution in [0.15, 0.2) is 29.4 Å². The van der Waals surface area contributed by atoms with E-state index in [1.807, 2.05) is 13.0 Å². The van der Waals surface area contributed by atoms with Crippen molar-refractivity contribution in [3.8, 4) is 0 Å².